The fourth-order valence-corrected chi connectivity index (χ4v) is 16.7. The van der Waals surface area contributed by atoms with Gasteiger partial charge in [0.1, 0.15) is 36.1 Å². The fourth-order valence-electron chi connectivity index (χ4n) is 16.7. The number of aliphatic hydroxyl groups is 2. The number of carbonyl (C=O) groups excluding carboxylic acids is 3. The minimum atomic E-state index is -0.833. The summed E-state index contributed by atoms with van der Waals surface area (Å²) in [5, 5.41) is 27.4. The predicted molar refractivity (Wildman–Crippen MR) is 280 cm³/mol. The molecule has 0 radical (unpaired) electrons. The molecule has 3 unspecified atom stereocenters. The molecule has 6 saturated carbocycles. The minimum absolute atomic E-state index is 0.0469. The Labute approximate surface area is 440 Å². The summed E-state index contributed by atoms with van der Waals surface area (Å²) < 4.78 is 38.2. The number of carbonyl (C=O) groups is 3. The lowest BCUT2D eigenvalue weighted by Gasteiger charge is -2.53. The number of hydrogen-bond acceptors (Lipinski definition) is 11. The molecule has 3 saturated heterocycles. The van der Waals surface area contributed by atoms with E-state index in [2.05, 4.69) is 76.1 Å². The molecule has 9 fully saturated rings. The van der Waals surface area contributed by atoms with Gasteiger partial charge in [0.05, 0.1) is 18.3 Å². The van der Waals surface area contributed by atoms with Crippen LogP contribution in [-0.4, -0.2) is 94.5 Å². The molecule has 16 atom stereocenters. The SMILES string of the molecule is C=C1/C(=C\C=C2/CCC[C@@]3(C)C2CCC3[C@@H](C)/C=C/C(O)C2CC2)C[C@@H](OC(=O)Nc2ccc(Cc3ccc(NC(=O)O[C@@H]4[C@@]5(C(C)C)O[C@H]5[C@@H]5O[C@]56[C@]45O[C@H]5C[C@H]4C5=C(CC[C@@]46C)C(=O)OC5)cc3)cc2)C[C@@H]1O. The largest absolute Gasteiger partial charge is 0.458 e. The molecule has 75 heavy (non-hydrogen) atoms. The average molecular weight is 1020 g/mol. The van der Waals surface area contributed by atoms with Crippen molar-refractivity contribution in [3.63, 3.8) is 0 Å². The van der Waals surface area contributed by atoms with Crippen LogP contribution in [0.4, 0.5) is 21.0 Å². The molecule has 11 aliphatic rings. The Hall–Kier alpha value is -5.05. The van der Waals surface area contributed by atoms with Crippen molar-refractivity contribution >= 4 is 29.5 Å². The highest BCUT2D eigenvalue weighted by Crippen LogP contribution is 2.83. The van der Waals surface area contributed by atoms with E-state index in [0.29, 0.717) is 79.3 Å². The van der Waals surface area contributed by atoms with Crippen molar-refractivity contribution < 1.29 is 53.0 Å². The molecule has 2 aromatic carbocycles. The number of fused-ring (bicyclic) bond motifs is 5. The van der Waals surface area contributed by atoms with Crippen molar-refractivity contribution in [2.24, 2.45) is 46.3 Å². The van der Waals surface area contributed by atoms with Gasteiger partial charge in [-0.15, -0.1) is 0 Å². The van der Waals surface area contributed by atoms with E-state index in [1.807, 2.05) is 48.5 Å². The zero-order valence-corrected chi connectivity index (χ0v) is 44.1. The lowest BCUT2D eigenvalue weighted by atomic mass is 9.46. The summed E-state index contributed by atoms with van der Waals surface area (Å²) in [4.78, 5) is 39.8. The van der Waals surface area contributed by atoms with E-state index in [9.17, 15) is 24.6 Å². The number of anilines is 2. The van der Waals surface area contributed by atoms with E-state index in [-0.39, 0.29) is 53.1 Å². The summed E-state index contributed by atoms with van der Waals surface area (Å²) in [6.45, 7) is 15.8. The monoisotopic (exact) mass is 1020 g/mol. The lowest BCUT2D eigenvalue weighted by Crippen LogP contribution is -2.70. The smallest absolute Gasteiger partial charge is 0.412 e. The second kappa shape index (κ2) is 17.7. The first-order chi connectivity index (χ1) is 36.0. The molecule has 13 heteroatoms. The van der Waals surface area contributed by atoms with Gasteiger partial charge in [0, 0.05) is 35.2 Å². The van der Waals surface area contributed by atoms with Crippen LogP contribution in [0, 0.1) is 46.3 Å². The number of esters is 1. The maximum Gasteiger partial charge on any atom is 0.412 e. The van der Waals surface area contributed by atoms with Gasteiger partial charge >= 0.3 is 18.2 Å². The van der Waals surface area contributed by atoms with Crippen LogP contribution in [0.15, 0.2) is 107 Å². The molecule has 4 N–H and O–H groups in total. The van der Waals surface area contributed by atoms with Crippen molar-refractivity contribution in [3.8, 4) is 0 Å². The van der Waals surface area contributed by atoms with Gasteiger partial charge < -0.3 is 38.6 Å². The first-order valence-corrected chi connectivity index (χ1v) is 28.2. The summed E-state index contributed by atoms with van der Waals surface area (Å²) in [7, 11) is 0. The molecular formula is C62H74N2O11. The van der Waals surface area contributed by atoms with E-state index in [1.54, 1.807) is 0 Å². The molecule has 0 bridgehead atoms. The summed E-state index contributed by atoms with van der Waals surface area (Å²) in [6.07, 6.45) is 16.3. The van der Waals surface area contributed by atoms with E-state index < -0.39 is 47.3 Å². The highest BCUT2D eigenvalue weighted by Gasteiger charge is 3.01. The maximum absolute atomic E-state index is 13.9. The second-order valence-corrected chi connectivity index (χ2v) is 25.2. The van der Waals surface area contributed by atoms with Gasteiger partial charge in [0.15, 0.2) is 11.7 Å². The number of allylic oxidation sites excluding steroid dienone is 4. The van der Waals surface area contributed by atoms with Gasteiger partial charge in [-0.3, -0.25) is 10.6 Å². The minimum Gasteiger partial charge on any atom is -0.458 e. The van der Waals surface area contributed by atoms with Crippen molar-refractivity contribution in [2.75, 3.05) is 17.2 Å². The number of cyclic esters (lactones) is 1. The fraction of sp³-hybridized carbons (Fsp3) is 0.597. The number of aliphatic hydroxyl groups excluding tert-OH is 2. The van der Waals surface area contributed by atoms with E-state index >= 15 is 0 Å². The van der Waals surface area contributed by atoms with Crippen LogP contribution in [0.1, 0.15) is 123 Å². The number of rotatable bonds is 12. The Morgan fingerprint density at radius 1 is 0.840 bits per heavy atom. The van der Waals surface area contributed by atoms with Crippen LogP contribution in [0.5, 0.6) is 0 Å². The van der Waals surface area contributed by atoms with Gasteiger partial charge in [-0.1, -0.05) is 95.3 Å². The molecule has 13 nitrogen and oxygen atoms in total. The zero-order valence-electron chi connectivity index (χ0n) is 44.1. The van der Waals surface area contributed by atoms with Crippen molar-refractivity contribution in [1.29, 1.82) is 0 Å². The Morgan fingerprint density at radius 2 is 1.55 bits per heavy atom. The van der Waals surface area contributed by atoms with Gasteiger partial charge in [0.2, 0.25) is 0 Å². The van der Waals surface area contributed by atoms with Crippen molar-refractivity contribution in [3.05, 3.63) is 118 Å². The van der Waals surface area contributed by atoms with Crippen LogP contribution in [0.3, 0.4) is 0 Å². The molecule has 0 aromatic heterocycles. The summed E-state index contributed by atoms with van der Waals surface area (Å²) in [6, 6.07) is 15.3. The Morgan fingerprint density at radius 3 is 2.24 bits per heavy atom. The third-order valence-corrected chi connectivity index (χ3v) is 21.0. The topological polar surface area (TPSA) is 181 Å². The number of nitrogens with one attached hydrogen (secondary N) is 2. The van der Waals surface area contributed by atoms with Crippen LogP contribution in [-0.2, 0) is 39.6 Å². The van der Waals surface area contributed by atoms with Crippen LogP contribution in [0.25, 0.3) is 0 Å². The molecule has 2 amide bonds. The summed E-state index contributed by atoms with van der Waals surface area (Å²) >= 11 is 0. The van der Waals surface area contributed by atoms with Gasteiger partial charge in [0.25, 0.3) is 0 Å². The molecule has 7 aliphatic carbocycles. The number of hydrogen-bond donors (Lipinski definition) is 4. The number of amides is 2. The van der Waals surface area contributed by atoms with Gasteiger partial charge in [-0.2, -0.15) is 0 Å². The standard InChI is InChI=1S/C62H74N2O11/c1-33(2)60-52(74-60)53-62(75-53)59(6)27-25-44-45(32-70-54(44)67)48(59)31-51-61(62,73-51)55(60)72-57(69)64-42-20-12-37(13-21-42)28-36-10-18-41(19-11-36)63-56(68)71-43-29-40(35(4)50(66)30-43)17-14-38-8-7-26-58(5)46(22-23-47(38)58)34(3)9-24-49(65)39-15-16-39/h9-14,17-21,24,33-34,39,43,46-53,55,65-66H,4,7-8,15-16,22-23,25-32H2,1-3,5-6H3,(H,63,68)(H,64,69)/b24-9+,38-14+,40-17-/t34-,43+,46?,47?,48-,49?,50-,51-,52-,53-,55+,58+,59-,60-,61+,62+/m0/s1. The Bertz CT molecular complexity index is 2830. The highest BCUT2D eigenvalue weighted by atomic mass is 16.8. The van der Waals surface area contributed by atoms with E-state index in [4.69, 9.17) is 28.4 Å². The normalized spacial score (nSPS) is 41.6. The first-order valence-electron chi connectivity index (χ1n) is 28.2. The van der Waals surface area contributed by atoms with E-state index in [1.165, 1.54) is 24.8 Å². The van der Waals surface area contributed by atoms with Gasteiger partial charge in [-0.25, -0.2) is 14.4 Å². The first kappa shape index (κ1) is 49.5. The van der Waals surface area contributed by atoms with Gasteiger partial charge in [-0.05, 0) is 164 Å². The molecule has 2 spiro atoms. The van der Waals surface area contributed by atoms with Crippen LogP contribution < -0.4 is 10.6 Å². The number of epoxide rings is 3. The molecule has 4 heterocycles. The lowest BCUT2D eigenvalue weighted by molar-refractivity contribution is -0.136. The second-order valence-electron chi connectivity index (χ2n) is 25.2. The highest BCUT2D eigenvalue weighted by molar-refractivity contribution is 5.92. The number of ether oxygens (including phenoxy) is 6. The summed E-state index contributed by atoms with van der Waals surface area (Å²) in [5.74, 6) is 1.88. The third kappa shape index (κ3) is 7.73. The zero-order chi connectivity index (χ0) is 52.0. The van der Waals surface area contributed by atoms with Crippen molar-refractivity contribution in [2.45, 2.75) is 178 Å². The Balaban J connectivity index is 0.607. The van der Waals surface area contributed by atoms with E-state index in [0.717, 1.165) is 60.0 Å². The average Bonchev–Trinajstić information content (AvgIpc) is 4.32. The Kier molecular flexibility index (Phi) is 11.7. The molecule has 4 aliphatic heterocycles. The third-order valence-electron chi connectivity index (χ3n) is 21.0. The van der Waals surface area contributed by atoms with Crippen LogP contribution in [0.2, 0.25) is 0 Å². The quantitative estimate of drug-likeness (QED) is 0.0688. The maximum atomic E-state index is 13.9. The molecular weight excluding hydrogens is 949 g/mol. The number of benzene rings is 2. The summed E-state index contributed by atoms with van der Waals surface area (Å²) in [5.41, 5.74) is 5.91. The molecule has 2 aromatic rings. The van der Waals surface area contributed by atoms with Crippen molar-refractivity contribution in [1.82, 2.24) is 0 Å². The van der Waals surface area contributed by atoms with Crippen LogP contribution >= 0.6 is 0 Å². The molecule has 398 valence electrons. The predicted octanol–water partition coefficient (Wildman–Crippen LogP) is 10.6. The molecule has 13 rings (SSSR count).